The van der Waals surface area contributed by atoms with Crippen molar-refractivity contribution in [2.24, 2.45) is 5.28 Å². The molecule has 0 atom stereocenters. The van der Waals surface area contributed by atoms with Crippen molar-refractivity contribution in [2.45, 2.75) is 26.6 Å². The summed E-state index contributed by atoms with van der Waals surface area (Å²) in [5.41, 5.74) is 0. The van der Waals surface area contributed by atoms with E-state index in [4.69, 9.17) is 4.53 Å². The van der Waals surface area contributed by atoms with Crippen molar-refractivity contribution in [3.63, 3.8) is 0 Å². The van der Waals surface area contributed by atoms with Crippen molar-refractivity contribution in [2.75, 3.05) is 6.54 Å². The van der Waals surface area contributed by atoms with E-state index in [2.05, 4.69) is 5.28 Å². The molecule has 4 nitrogen and oxygen atoms in total. The lowest BCUT2D eigenvalue weighted by Crippen LogP contribution is -2.23. The van der Waals surface area contributed by atoms with Crippen LogP contribution in [0.5, 0.6) is 0 Å². The Bertz CT molecular complexity index is 130. The van der Waals surface area contributed by atoms with Crippen LogP contribution in [0.1, 0.15) is 6.92 Å². The highest BCUT2D eigenvalue weighted by Gasteiger charge is 2.17. The van der Waals surface area contributed by atoms with E-state index in [0.29, 0.717) is 11.4 Å². The predicted molar refractivity (Wildman–Crippen MR) is 41.0 cm³/mol. The van der Waals surface area contributed by atoms with E-state index >= 15 is 0 Å². The maximum Gasteiger partial charge on any atom is 0.286 e. The van der Waals surface area contributed by atoms with Crippen molar-refractivity contribution >= 4 is 8.32 Å². The standard InChI is InChI=1S/C5H14N2O2Si/c1-5-7(8)6-9-10(2,3)4/h5H2,1-4H3. The number of hydroxylamine groups is 1. The molecule has 60 valence electrons. The Hall–Kier alpha value is -0.583. The third-order valence-corrected chi connectivity index (χ3v) is 1.31. The lowest BCUT2D eigenvalue weighted by Gasteiger charge is -2.09. The SMILES string of the molecule is CC[N+]([O-])=NO[Si](C)(C)C. The van der Waals surface area contributed by atoms with Crippen molar-refractivity contribution in [3.05, 3.63) is 5.21 Å². The number of hydrogen-bond donors (Lipinski definition) is 0. The van der Waals surface area contributed by atoms with Crippen LogP contribution in [0, 0.1) is 5.21 Å². The van der Waals surface area contributed by atoms with Gasteiger partial charge in [0.2, 0.25) is 0 Å². The molecule has 0 spiro atoms. The second kappa shape index (κ2) is 3.55. The molecule has 0 aromatic heterocycles. The Balaban J connectivity index is 3.73. The van der Waals surface area contributed by atoms with Crippen LogP contribution in [0.3, 0.4) is 0 Å². The summed E-state index contributed by atoms with van der Waals surface area (Å²) in [7, 11) is -1.64. The molecule has 0 N–H and O–H groups in total. The molecule has 0 amide bonds. The third kappa shape index (κ3) is 5.55. The zero-order valence-electron chi connectivity index (χ0n) is 6.92. The zero-order chi connectivity index (χ0) is 8.20. The highest BCUT2D eigenvalue weighted by Crippen LogP contribution is 2.02. The van der Waals surface area contributed by atoms with E-state index in [-0.39, 0.29) is 0 Å². The molecule has 5 heteroatoms. The maximum atomic E-state index is 10.5. The Kier molecular flexibility index (Phi) is 3.35. The molecule has 0 aliphatic rings. The molecule has 0 aromatic rings. The van der Waals surface area contributed by atoms with Crippen LogP contribution in [0.4, 0.5) is 0 Å². The summed E-state index contributed by atoms with van der Waals surface area (Å²) < 4.78 is 4.96. The first kappa shape index (κ1) is 9.42. The van der Waals surface area contributed by atoms with E-state index < -0.39 is 8.32 Å². The highest BCUT2D eigenvalue weighted by atomic mass is 28.4. The van der Waals surface area contributed by atoms with Gasteiger partial charge in [-0.1, -0.05) is 4.86 Å². The predicted octanol–water partition coefficient (Wildman–Crippen LogP) is 1.74. The van der Waals surface area contributed by atoms with E-state index in [0.717, 1.165) is 0 Å². The van der Waals surface area contributed by atoms with E-state index in [9.17, 15) is 5.21 Å². The lowest BCUT2D eigenvalue weighted by molar-refractivity contribution is -0.549. The molecule has 0 heterocycles. The number of hydrogen-bond acceptors (Lipinski definition) is 3. The molecular formula is C5H14N2O2Si. The minimum absolute atomic E-state index is 0.338. The van der Waals surface area contributed by atoms with Crippen LogP contribution in [-0.2, 0) is 4.53 Å². The van der Waals surface area contributed by atoms with Crippen LogP contribution in [0.2, 0.25) is 19.6 Å². The fourth-order valence-electron chi connectivity index (χ4n) is 0.226. The summed E-state index contributed by atoms with van der Waals surface area (Å²) in [5.74, 6) is 0. The summed E-state index contributed by atoms with van der Waals surface area (Å²) >= 11 is 0. The van der Waals surface area contributed by atoms with Gasteiger partial charge in [0.1, 0.15) is 0 Å². The average Bonchev–Trinajstić information content (AvgIpc) is 1.81. The van der Waals surface area contributed by atoms with Crippen molar-refractivity contribution < 1.29 is 9.39 Å². The van der Waals surface area contributed by atoms with Gasteiger partial charge in [0, 0.05) is 0 Å². The molecule has 0 saturated heterocycles. The van der Waals surface area contributed by atoms with Crippen LogP contribution in [0.15, 0.2) is 5.28 Å². The summed E-state index contributed by atoms with van der Waals surface area (Å²) in [5, 5.41) is 13.9. The highest BCUT2D eigenvalue weighted by molar-refractivity contribution is 6.69. The van der Waals surface area contributed by atoms with E-state index in [1.54, 1.807) is 6.92 Å². The first-order chi connectivity index (χ1) is 4.45. The van der Waals surface area contributed by atoms with Gasteiger partial charge in [0.25, 0.3) is 8.32 Å². The van der Waals surface area contributed by atoms with Crippen LogP contribution in [0.25, 0.3) is 0 Å². The van der Waals surface area contributed by atoms with Gasteiger partial charge in [0.15, 0.2) is 11.8 Å². The van der Waals surface area contributed by atoms with E-state index in [1.165, 1.54) is 0 Å². The Morgan fingerprint density at radius 2 is 2.00 bits per heavy atom. The maximum absolute atomic E-state index is 10.5. The summed E-state index contributed by atoms with van der Waals surface area (Å²) in [6.07, 6.45) is 0. The lowest BCUT2D eigenvalue weighted by atomic mass is 10.8. The monoisotopic (exact) mass is 162 g/mol. The normalized spacial score (nSPS) is 13.4. The summed E-state index contributed by atoms with van der Waals surface area (Å²) in [6.45, 7) is 7.98. The fourth-order valence-corrected chi connectivity index (χ4v) is 0.562. The molecule has 0 rings (SSSR count). The van der Waals surface area contributed by atoms with Gasteiger partial charge in [0.05, 0.1) is 0 Å². The molecule has 0 aliphatic carbocycles. The smallest absolute Gasteiger partial charge is 0.286 e. The molecule has 0 aliphatic heterocycles. The van der Waals surface area contributed by atoms with Crippen molar-refractivity contribution in [1.29, 1.82) is 0 Å². The van der Waals surface area contributed by atoms with Crippen molar-refractivity contribution in [1.82, 2.24) is 0 Å². The Labute approximate surface area is 62.2 Å². The Morgan fingerprint density at radius 3 is 2.30 bits per heavy atom. The second-order valence-corrected chi connectivity index (χ2v) is 7.36. The van der Waals surface area contributed by atoms with Gasteiger partial charge in [-0.05, 0) is 26.6 Å². The molecule has 0 aromatic carbocycles. The fraction of sp³-hybridized carbons (Fsp3) is 1.00. The second-order valence-electron chi connectivity index (χ2n) is 2.95. The molecule has 0 fully saturated rings. The molecule has 10 heavy (non-hydrogen) atoms. The quantitative estimate of drug-likeness (QED) is 0.274. The minimum Gasteiger partial charge on any atom is -0.597 e. The van der Waals surface area contributed by atoms with Crippen LogP contribution in [-0.4, -0.2) is 19.7 Å². The minimum atomic E-state index is -1.64. The zero-order valence-corrected chi connectivity index (χ0v) is 7.92. The first-order valence-corrected chi connectivity index (χ1v) is 6.70. The van der Waals surface area contributed by atoms with Gasteiger partial charge in [-0.3, -0.25) is 0 Å². The van der Waals surface area contributed by atoms with Gasteiger partial charge < -0.3 is 9.73 Å². The number of nitrogens with zero attached hydrogens (tertiary/aromatic N) is 2. The number of rotatable bonds is 3. The van der Waals surface area contributed by atoms with Gasteiger partial charge in [-0.25, -0.2) is 0 Å². The van der Waals surface area contributed by atoms with Crippen molar-refractivity contribution in [3.8, 4) is 0 Å². The van der Waals surface area contributed by atoms with Gasteiger partial charge >= 0.3 is 0 Å². The third-order valence-electron chi connectivity index (χ3n) is 0.676. The van der Waals surface area contributed by atoms with Crippen LogP contribution >= 0.6 is 0 Å². The molecule has 0 unspecified atom stereocenters. The van der Waals surface area contributed by atoms with Gasteiger partial charge in [-0.15, -0.1) is 0 Å². The Morgan fingerprint density at radius 1 is 1.50 bits per heavy atom. The molecule has 0 saturated carbocycles. The topological polar surface area (TPSA) is 47.7 Å². The molecule has 0 radical (unpaired) electrons. The molecular weight excluding hydrogens is 148 g/mol. The summed E-state index contributed by atoms with van der Waals surface area (Å²) in [6, 6.07) is 0. The van der Waals surface area contributed by atoms with Crippen LogP contribution < -0.4 is 0 Å². The van der Waals surface area contributed by atoms with E-state index in [1.807, 2.05) is 19.6 Å². The summed E-state index contributed by atoms with van der Waals surface area (Å²) in [4.78, 5) is 0.540. The molecule has 0 bridgehead atoms. The first-order valence-electron chi connectivity index (χ1n) is 3.29. The van der Waals surface area contributed by atoms with Gasteiger partial charge in [-0.2, -0.15) is 0 Å². The largest absolute Gasteiger partial charge is 0.597 e. The average molecular weight is 162 g/mol.